The van der Waals surface area contributed by atoms with E-state index < -0.39 is 0 Å². The molecule has 0 aliphatic heterocycles. The first-order valence-corrected chi connectivity index (χ1v) is 6.05. The molecule has 2 heteroatoms. The Morgan fingerprint density at radius 2 is 1.80 bits per heavy atom. The van der Waals surface area contributed by atoms with Crippen LogP contribution in [0.5, 0.6) is 0 Å². The maximum atomic E-state index is 6.43. The van der Waals surface area contributed by atoms with E-state index in [0.29, 0.717) is 5.41 Å². The fraction of sp³-hybridized carbons (Fsp3) is 0.538. The molecular formula is C13H16ClN. The topological polar surface area (TPSA) is 26.0 Å². The van der Waals surface area contributed by atoms with Gasteiger partial charge in [0.15, 0.2) is 0 Å². The molecule has 0 bridgehead atoms. The van der Waals surface area contributed by atoms with Crippen LogP contribution < -0.4 is 5.73 Å². The monoisotopic (exact) mass is 221 g/mol. The van der Waals surface area contributed by atoms with Gasteiger partial charge in [-0.2, -0.15) is 0 Å². The molecule has 1 aromatic carbocycles. The zero-order valence-electron chi connectivity index (χ0n) is 8.80. The summed E-state index contributed by atoms with van der Waals surface area (Å²) in [4.78, 5) is 0. The lowest BCUT2D eigenvalue weighted by molar-refractivity contribution is -0.0461. The number of hydrogen-bond acceptors (Lipinski definition) is 1. The van der Waals surface area contributed by atoms with Gasteiger partial charge in [-0.15, -0.1) is 0 Å². The molecule has 3 rings (SSSR count). The van der Waals surface area contributed by atoms with Crippen molar-refractivity contribution in [2.45, 2.75) is 37.6 Å². The first-order chi connectivity index (χ1) is 7.14. The van der Waals surface area contributed by atoms with Crippen molar-refractivity contribution < 1.29 is 0 Å². The molecule has 2 saturated carbocycles. The Morgan fingerprint density at radius 1 is 1.13 bits per heavy atom. The van der Waals surface area contributed by atoms with E-state index in [9.17, 15) is 0 Å². The van der Waals surface area contributed by atoms with Crippen molar-refractivity contribution in [3.63, 3.8) is 0 Å². The third-order valence-corrected chi connectivity index (χ3v) is 4.53. The molecule has 2 aliphatic carbocycles. The lowest BCUT2D eigenvalue weighted by Crippen LogP contribution is -2.58. The zero-order chi connectivity index (χ0) is 10.5. The standard InChI is InChI=1S/C13H16ClN/c14-11-5-2-1-4-10(11)13(15)8-12(9-13)6-3-7-12/h1-2,4-5H,3,6-9,15H2. The molecule has 0 unspecified atom stereocenters. The largest absolute Gasteiger partial charge is 0.321 e. The Balaban J connectivity index is 1.86. The number of halogens is 1. The molecule has 2 aliphatic rings. The Morgan fingerprint density at radius 3 is 2.33 bits per heavy atom. The molecule has 0 amide bonds. The first-order valence-electron chi connectivity index (χ1n) is 5.68. The average molecular weight is 222 g/mol. The molecule has 0 saturated heterocycles. The van der Waals surface area contributed by atoms with Gasteiger partial charge in [0.1, 0.15) is 0 Å². The summed E-state index contributed by atoms with van der Waals surface area (Å²) in [5.74, 6) is 0. The van der Waals surface area contributed by atoms with E-state index in [4.69, 9.17) is 17.3 Å². The molecule has 0 aromatic heterocycles. The molecule has 0 heterocycles. The van der Waals surface area contributed by atoms with Crippen LogP contribution in [0.2, 0.25) is 5.02 Å². The van der Waals surface area contributed by atoms with Gasteiger partial charge in [-0.3, -0.25) is 0 Å². The van der Waals surface area contributed by atoms with Crippen molar-refractivity contribution >= 4 is 11.6 Å². The summed E-state index contributed by atoms with van der Waals surface area (Å²) in [6.45, 7) is 0. The minimum atomic E-state index is -0.140. The van der Waals surface area contributed by atoms with Gasteiger partial charge < -0.3 is 5.73 Å². The fourth-order valence-corrected chi connectivity index (χ4v) is 3.70. The van der Waals surface area contributed by atoms with Gasteiger partial charge in [-0.05, 0) is 42.7 Å². The van der Waals surface area contributed by atoms with Gasteiger partial charge in [0.05, 0.1) is 0 Å². The van der Waals surface area contributed by atoms with E-state index in [0.717, 1.165) is 23.4 Å². The van der Waals surface area contributed by atoms with Crippen molar-refractivity contribution in [1.82, 2.24) is 0 Å². The highest BCUT2D eigenvalue weighted by Crippen LogP contribution is 2.63. The van der Waals surface area contributed by atoms with Crippen LogP contribution in [0.1, 0.15) is 37.7 Å². The van der Waals surface area contributed by atoms with E-state index >= 15 is 0 Å². The Hall–Kier alpha value is -0.530. The lowest BCUT2D eigenvalue weighted by atomic mass is 9.47. The summed E-state index contributed by atoms with van der Waals surface area (Å²) in [5, 5.41) is 0.828. The van der Waals surface area contributed by atoms with E-state index in [1.165, 1.54) is 19.3 Å². The van der Waals surface area contributed by atoms with Crippen LogP contribution >= 0.6 is 11.6 Å². The van der Waals surface area contributed by atoms with Gasteiger partial charge >= 0.3 is 0 Å². The first kappa shape index (κ1) is 9.68. The summed E-state index contributed by atoms with van der Waals surface area (Å²) in [7, 11) is 0. The lowest BCUT2D eigenvalue weighted by Gasteiger charge is -2.60. The van der Waals surface area contributed by atoms with Gasteiger partial charge in [-0.1, -0.05) is 36.2 Å². The molecule has 0 atom stereocenters. The maximum Gasteiger partial charge on any atom is 0.0456 e. The summed E-state index contributed by atoms with van der Waals surface area (Å²) in [5.41, 5.74) is 8.02. The van der Waals surface area contributed by atoms with Gasteiger partial charge in [0.25, 0.3) is 0 Å². The van der Waals surface area contributed by atoms with E-state index in [-0.39, 0.29) is 5.54 Å². The van der Waals surface area contributed by atoms with Gasteiger partial charge in [-0.25, -0.2) is 0 Å². The second-order valence-electron chi connectivity index (χ2n) is 5.34. The van der Waals surface area contributed by atoms with E-state index in [1.54, 1.807) is 0 Å². The summed E-state index contributed by atoms with van der Waals surface area (Å²) in [6.07, 6.45) is 6.39. The van der Waals surface area contributed by atoms with E-state index in [2.05, 4.69) is 6.07 Å². The zero-order valence-corrected chi connectivity index (χ0v) is 9.56. The second-order valence-corrected chi connectivity index (χ2v) is 5.75. The van der Waals surface area contributed by atoms with Crippen molar-refractivity contribution in [1.29, 1.82) is 0 Å². The average Bonchev–Trinajstić information content (AvgIpc) is 2.11. The minimum absolute atomic E-state index is 0.140. The van der Waals surface area contributed by atoms with Crippen LogP contribution in [-0.4, -0.2) is 0 Å². The molecule has 15 heavy (non-hydrogen) atoms. The van der Waals surface area contributed by atoms with Crippen molar-refractivity contribution in [2.75, 3.05) is 0 Å². The fourth-order valence-electron chi connectivity index (χ4n) is 3.37. The summed E-state index contributed by atoms with van der Waals surface area (Å²) < 4.78 is 0. The van der Waals surface area contributed by atoms with Crippen molar-refractivity contribution in [2.24, 2.45) is 11.1 Å². The molecular weight excluding hydrogens is 206 g/mol. The summed E-state index contributed by atoms with van der Waals surface area (Å²) in [6, 6.07) is 8.01. The minimum Gasteiger partial charge on any atom is -0.321 e. The smallest absolute Gasteiger partial charge is 0.0456 e. The Kier molecular flexibility index (Phi) is 1.93. The molecule has 2 N–H and O–H groups in total. The third kappa shape index (κ3) is 1.33. The third-order valence-electron chi connectivity index (χ3n) is 4.21. The molecule has 1 nitrogen and oxygen atoms in total. The molecule has 2 fully saturated rings. The Bertz CT molecular complexity index is 387. The normalized spacial score (nSPS) is 25.7. The maximum absolute atomic E-state index is 6.43. The highest BCUT2D eigenvalue weighted by molar-refractivity contribution is 6.31. The van der Waals surface area contributed by atoms with Crippen molar-refractivity contribution in [3.8, 4) is 0 Å². The van der Waals surface area contributed by atoms with Crippen LogP contribution in [0.25, 0.3) is 0 Å². The quantitative estimate of drug-likeness (QED) is 0.772. The number of hydrogen-bond donors (Lipinski definition) is 1. The molecule has 0 radical (unpaired) electrons. The highest BCUT2D eigenvalue weighted by atomic mass is 35.5. The molecule has 80 valence electrons. The van der Waals surface area contributed by atoms with Crippen LogP contribution in [0.3, 0.4) is 0 Å². The number of benzene rings is 1. The SMILES string of the molecule is NC1(c2ccccc2Cl)CC2(CCC2)C1. The van der Waals surface area contributed by atoms with Crippen LogP contribution in [0, 0.1) is 5.41 Å². The highest BCUT2D eigenvalue weighted by Gasteiger charge is 2.56. The second kappa shape index (κ2) is 2.99. The van der Waals surface area contributed by atoms with E-state index in [1.807, 2.05) is 18.2 Å². The van der Waals surface area contributed by atoms with Gasteiger partial charge in [0.2, 0.25) is 0 Å². The summed E-state index contributed by atoms with van der Waals surface area (Å²) >= 11 is 6.20. The Labute approximate surface area is 95.6 Å². The predicted molar refractivity (Wildman–Crippen MR) is 62.8 cm³/mol. The number of nitrogens with two attached hydrogens (primary N) is 1. The molecule has 1 spiro atoms. The van der Waals surface area contributed by atoms with Gasteiger partial charge in [0, 0.05) is 10.6 Å². The van der Waals surface area contributed by atoms with Crippen LogP contribution in [0.4, 0.5) is 0 Å². The van der Waals surface area contributed by atoms with Crippen LogP contribution in [0.15, 0.2) is 24.3 Å². The van der Waals surface area contributed by atoms with Crippen molar-refractivity contribution in [3.05, 3.63) is 34.9 Å². The predicted octanol–water partition coefficient (Wildman–Crippen LogP) is 3.46. The van der Waals surface area contributed by atoms with Crippen LogP contribution in [-0.2, 0) is 5.54 Å². The molecule has 1 aromatic rings. The number of rotatable bonds is 1.